The molecule has 0 aromatic heterocycles. The Morgan fingerprint density at radius 3 is 2.09 bits per heavy atom. The summed E-state index contributed by atoms with van der Waals surface area (Å²) in [5.74, 6) is 2.51. The molecule has 0 spiro atoms. The van der Waals surface area contributed by atoms with Crippen LogP contribution in [0.4, 0.5) is 23.2 Å². The zero-order chi connectivity index (χ0) is 54.3. The average Bonchev–Trinajstić information content (AvgIpc) is 3.72. The molecule has 1 saturated carbocycles. The second-order valence-electron chi connectivity index (χ2n) is 22.8. The zero-order valence-electron chi connectivity index (χ0n) is 45.5. The number of benzene rings is 7. The first-order chi connectivity index (χ1) is 37.6. The van der Waals surface area contributed by atoms with Gasteiger partial charge in [-0.05, 0) is 179 Å². The number of halogens is 4. The van der Waals surface area contributed by atoms with Gasteiger partial charge in [-0.15, -0.1) is 0 Å². The number of rotatable bonds is 15. The lowest BCUT2D eigenvalue weighted by Gasteiger charge is -2.38. The van der Waals surface area contributed by atoms with E-state index in [0.717, 1.165) is 70.3 Å². The summed E-state index contributed by atoms with van der Waals surface area (Å²) in [5.41, 5.74) is 10.2. The molecule has 0 saturated heterocycles. The van der Waals surface area contributed by atoms with Gasteiger partial charge in [-0.1, -0.05) is 157 Å². The summed E-state index contributed by atoms with van der Waals surface area (Å²) in [6.45, 7) is 11.6. The monoisotopic (exact) mass is 1050 g/mol. The quantitative estimate of drug-likeness (QED) is 0.0822. The molecular formula is C70H69F4NO3. The summed E-state index contributed by atoms with van der Waals surface area (Å²) in [7, 11) is 0. The van der Waals surface area contributed by atoms with Crippen LogP contribution in [0.2, 0.25) is 0 Å². The third kappa shape index (κ3) is 10.1. The minimum absolute atomic E-state index is 0.210. The van der Waals surface area contributed by atoms with Gasteiger partial charge in [0.15, 0.2) is 5.60 Å². The van der Waals surface area contributed by atoms with Gasteiger partial charge in [0.2, 0.25) is 0 Å². The summed E-state index contributed by atoms with van der Waals surface area (Å²) >= 11 is 0. The fraction of sp³-hybridized carbons (Fsp3) is 0.329. The van der Waals surface area contributed by atoms with E-state index >= 15 is 0 Å². The number of alkyl halides is 3. The number of carbonyl (C=O) groups is 1. The number of anilines is 1. The van der Waals surface area contributed by atoms with Gasteiger partial charge in [0.25, 0.3) is 5.91 Å². The second-order valence-corrected chi connectivity index (χ2v) is 22.8. The highest BCUT2D eigenvalue weighted by molar-refractivity contribution is 6.09. The first-order valence-corrected chi connectivity index (χ1v) is 28.3. The maximum Gasteiger partial charge on any atom is 0.416 e. The number of carbonyl (C=O) groups excluding carboxylic acids is 1. The zero-order valence-corrected chi connectivity index (χ0v) is 45.5. The summed E-state index contributed by atoms with van der Waals surface area (Å²) in [5, 5.41) is 4.04. The Labute approximate surface area is 457 Å². The van der Waals surface area contributed by atoms with Crippen LogP contribution in [0.5, 0.6) is 11.5 Å². The molecule has 8 heteroatoms. The van der Waals surface area contributed by atoms with E-state index in [-0.39, 0.29) is 5.91 Å². The lowest BCUT2D eigenvalue weighted by molar-refractivity contribution is -0.137. The molecule has 7 aromatic carbocycles. The van der Waals surface area contributed by atoms with Gasteiger partial charge in [0.1, 0.15) is 17.3 Å². The lowest BCUT2D eigenvalue weighted by Crippen LogP contribution is -2.35. The SMILES string of the molecule is CCCCCC1CCC(C2=CC=C(c3ccc(NC(=O)c4ccc(-c5ccc6c(c5)-c5c(c7c(c8cc(C(F)(F)F)ccc58)OC(c5ccc(F)cc5)(c5ccc(OCCCC)cc5)C=C7)C6(C)C)cc4)cc3)CC2C)CC1. The van der Waals surface area contributed by atoms with E-state index < -0.39 is 28.6 Å². The van der Waals surface area contributed by atoms with Crippen molar-refractivity contribution < 1.29 is 31.8 Å². The van der Waals surface area contributed by atoms with Crippen LogP contribution in [0.25, 0.3) is 44.7 Å². The fourth-order valence-electron chi connectivity index (χ4n) is 13.0. The largest absolute Gasteiger partial charge is 0.494 e. The average molecular weight is 1050 g/mol. The second kappa shape index (κ2) is 21.6. The van der Waals surface area contributed by atoms with Crippen LogP contribution in [0.3, 0.4) is 0 Å². The highest BCUT2D eigenvalue weighted by Crippen LogP contribution is 2.59. The van der Waals surface area contributed by atoms with E-state index in [0.29, 0.717) is 63.0 Å². The number of allylic oxidation sites excluding steroid dienone is 4. The van der Waals surface area contributed by atoms with Crippen molar-refractivity contribution in [1.29, 1.82) is 0 Å². The molecule has 4 aliphatic rings. The van der Waals surface area contributed by atoms with Gasteiger partial charge >= 0.3 is 6.18 Å². The third-order valence-electron chi connectivity index (χ3n) is 17.4. The highest BCUT2D eigenvalue weighted by Gasteiger charge is 2.45. The van der Waals surface area contributed by atoms with Gasteiger partial charge in [0, 0.05) is 38.7 Å². The molecule has 1 aliphatic heterocycles. The number of unbranched alkanes of at least 4 members (excludes halogenated alkanes) is 3. The highest BCUT2D eigenvalue weighted by atomic mass is 19.4. The molecule has 0 bridgehead atoms. The molecule has 400 valence electrons. The maximum absolute atomic E-state index is 14.7. The van der Waals surface area contributed by atoms with Crippen LogP contribution in [0, 0.1) is 23.6 Å². The fourth-order valence-corrected chi connectivity index (χ4v) is 13.0. The minimum atomic E-state index is -4.62. The molecule has 1 fully saturated rings. The molecule has 0 radical (unpaired) electrons. The van der Waals surface area contributed by atoms with Crippen LogP contribution in [0.1, 0.15) is 155 Å². The van der Waals surface area contributed by atoms with Crippen molar-refractivity contribution in [3.05, 3.63) is 208 Å². The van der Waals surface area contributed by atoms with Crippen molar-refractivity contribution >= 4 is 34.0 Å². The van der Waals surface area contributed by atoms with Crippen molar-refractivity contribution in [3.8, 4) is 33.8 Å². The van der Waals surface area contributed by atoms with Crippen molar-refractivity contribution in [3.63, 3.8) is 0 Å². The van der Waals surface area contributed by atoms with Crippen molar-refractivity contribution in [1.82, 2.24) is 0 Å². The molecule has 3 aliphatic carbocycles. The normalized spacial score (nSPS) is 20.2. The summed E-state index contributed by atoms with van der Waals surface area (Å²) < 4.78 is 72.0. The molecule has 1 heterocycles. The summed E-state index contributed by atoms with van der Waals surface area (Å²) in [6.07, 6.45) is 17.7. The van der Waals surface area contributed by atoms with Gasteiger partial charge in [-0.3, -0.25) is 4.79 Å². The van der Waals surface area contributed by atoms with E-state index in [4.69, 9.17) is 9.47 Å². The maximum atomic E-state index is 14.7. The van der Waals surface area contributed by atoms with Crippen molar-refractivity contribution in [2.45, 2.75) is 122 Å². The van der Waals surface area contributed by atoms with Crippen molar-refractivity contribution in [2.75, 3.05) is 11.9 Å². The Hall–Kier alpha value is -7.19. The Morgan fingerprint density at radius 2 is 1.41 bits per heavy atom. The number of ether oxygens (including phenoxy) is 2. The third-order valence-corrected chi connectivity index (χ3v) is 17.4. The van der Waals surface area contributed by atoms with Gasteiger partial charge in [-0.2, -0.15) is 13.2 Å². The molecule has 11 rings (SSSR count). The first-order valence-electron chi connectivity index (χ1n) is 28.3. The van der Waals surface area contributed by atoms with E-state index in [1.54, 1.807) is 23.8 Å². The molecule has 7 aromatic rings. The van der Waals surface area contributed by atoms with E-state index in [1.807, 2.05) is 72.8 Å². The molecule has 78 heavy (non-hydrogen) atoms. The van der Waals surface area contributed by atoms with Crippen LogP contribution < -0.4 is 14.8 Å². The topological polar surface area (TPSA) is 47.6 Å². The van der Waals surface area contributed by atoms with E-state index in [9.17, 15) is 22.4 Å². The first kappa shape index (κ1) is 52.8. The molecule has 1 N–H and O–H groups in total. The molecule has 2 unspecified atom stereocenters. The van der Waals surface area contributed by atoms with Crippen LogP contribution in [-0.4, -0.2) is 12.5 Å². The Balaban J connectivity index is 0.860. The minimum Gasteiger partial charge on any atom is -0.494 e. The van der Waals surface area contributed by atoms with Gasteiger partial charge in [0.05, 0.1) is 12.2 Å². The standard InChI is InChI=1S/C70H69F4NO3/c1-6-8-10-11-45-12-14-48(15-13-45)58-35-22-50(41-44(58)3)47-20-31-56(32-21-47)75-67(76)49-18-16-46(17-19-49)51-23-37-63-62(42-51)64-59-36-28-54(70(72,73)74)43-61(59)66-60(65(64)68(63,4)5)38-39-69(78-66,52-24-29-55(71)30-25-52)53-26-33-57(34-27-53)77-40-9-7-2/h16-39,42-45,48H,6-15,40-41H2,1-5H3,(H,75,76). The number of amides is 1. The Bertz CT molecular complexity index is 3450. The number of hydrogen-bond donors (Lipinski definition) is 1. The Kier molecular flexibility index (Phi) is 14.6. The predicted molar refractivity (Wildman–Crippen MR) is 309 cm³/mol. The van der Waals surface area contributed by atoms with Crippen LogP contribution in [0.15, 0.2) is 157 Å². The van der Waals surface area contributed by atoms with Gasteiger partial charge in [-0.25, -0.2) is 4.39 Å². The molecule has 2 atom stereocenters. The summed E-state index contributed by atoms with van der Waals surface area (Å²) in [6, 6.07) is 39.5. The lowest BCUT2D eigenvalue weighted by atomic mass is 9.71. The predicted octanol–water partition coefficient (Wildman–Crippen LogP) is 19.5. The summed E-state index contributed by atoms with van der Waals surface area (Å²) in [4.78, 5) is 13.7. The number of nitrogens with one attached hydrogen (secondary N) is 1. The number of hydrogen-bond acceptors (Lipinski definition) is 3. The van der Waals surface area contributed by atoms with Crippen LogP contribution in [-0.2, 0) is 17.2 Å². The van der Waals surface area contributed by atoms with Crippen LogP contribution >= 0.6 is 0 Å². The number of fused-ring (bicyclic) bond motifs is 8. The molecule has 4 nitrogen and oxygen atoms in total. The van der Waals surface area contributed by atoms with E-state index in [1.165, 1.54) is 80.7 Å². The van der Waals surface area contributed by atoms with Gasteiger partial charge < -0.3 is 14.8 Å². The Morgan fingerprint density at radius 1 is 0.731 bits per heavy atom. The molecular weight excluding hydrogens is 979 g/mol. The van der Waals surface area contributed by atoms with Crippen molar-refractivity contribution in [2.24, 2.45) is 17.8 Å². The van der Waals surface area contributed by atoms with E-state index in [2.05, 4.69) is 82.4 Å². The smallest absolute Gasteiger partial charge is 0.416 e. The molecule has 1 amide bonds.